The first-order valence-corrected chi connectivity index (χ1v) is 9.67. The third-order valence-corrected chi connectivity index (χ3v) is 4.72. The molecule has 27 heavy (non-hydrogen) atoms. The van der Waals surface area contributed by atoms with Crippen LogP contribution in [0, 0.1) is 0 Å². The Hall–Kier alpha value is -2.99. The van der Waals surface area contributed by atoms with Gasteiger partial charge in [0.1, 0.15) is 0 Å². The Kier molecular flexibility index (Phi) is 5.98. The maximum Gasteiger partial charge on any atom is 0.257 e. The van der Waals surface area contributed by atoms with Crippen molar-refractivity contribution in [2.45, 2.75) is 26.7 Å². The monoisotopic (exact) mass is 379 g/mol. The van der Waals surface area contributed by atoms with Crippen molar-refractivity contribution in [3.63, 3.8) is 0 Å². The Morgan fingerprint density at radius 3 is 2.56 bits per heavy atom. The third-order valence-electron chi connectivity index (χ3n) is 3.96. The van der Waals surface area contributed by atoms with Gasteiger partial charge < -0.3 is 5.32 Å². The highest BCUT2D eigenvalue weighted by molar-refractivity contribution is 7.14. The quantitative estimate of drug-likeness (QED) is 0.635. The van der Waals surface area contributed by atoms with E-state index >= 15 is 0 Å². The van der Waals surface area contributed by atoms with E-state index < -0.39 is 0 Å². The van der Waals surface area contributed by atoms with E-state index in [1.807, 2.05) is 5.38 Å². The Morgan fingerprint density at radius 1 is 1.07 bits per heavy atom. The number of rotatable bonds is 6. The first-order valence-electron chi connectivity index (χ1n) is 8.79. The molecule has 0 saturated heterocycles. The summed E-state index contributed by atoms with van der Waals surface area (Å²) in [4.78, 5) is 28.1. The van der Waals surface area contributed by atoms with Crippen LogP contribution in [0.3, 0.4) is 0 Å². The van der Waals surface area contributed by atoms with Gasteiger partial charge in [0.2, 0.25) is 5.91 Å². The largest absolute Gasteiger partial charge is 0.326 e. The number of amides is 2. The smallest absolute Gasteiger partial charge is 0.257 e. The van der Waals surface area contributed by atoms with Crippen molar-refractivity contribution in [1.82, 2.24) is 4.98 Å². The van der Waals surface area contributed by atoms with Gasteiger partial charge >= 0.3 is 0 Å². The molecule has 0 bridgehead atoms. The molecule has 1 aromatic heterocycles. The number of nitrogens with one attached hydrogen (secondary N) is 2. The summed E-state index contributed by atoms with van der Waals surface area (Å²) in [7, 11) is 0. The number of aryl methyl sites for hydroxylation is 1. The summed E-state index contributed by atoms with van der Waals surface area (Å²) in [6.07, 6.45) is 2.19. The second kappa shape index (κ2) is 8.60. The standard InChI is InChI=1S/C21H21N3O2S/c1-3-5-15-8-10-16(11-9-15)19-13-27-21(23-19)24-20(26)17-6-4-7-18(12-17)22-14(2)25/h4,6-13H,3,5H2,1-2H3,(H,22,25)(H,23,24,26). The number of aromatic nitrogens is 1. The first kappa shape index (κ1) is 18.8. The summed E-state index contributed by atoms with van der Waals surface area (Å²) in [5.41, 5.74) is 4.22. The summed E-state index contributed by atoms with van der Waals surface area (Å²) in [6.45, 7) is 3.59. The molecule has 0 fully saturated rings. The third kappa shape index (κ3) is 5.01. The summed E-state index contributed by atoms with van der Waals surface area (Å²) in [5.74, 6) is -0.441. The molecule has 0 radical (unpaired) electrons. The predicted octanol–water partition coefficient (Wildman–Crippen LogP) is 4.97. The molecule has 3 rings (SSSR count). The Morgan fingerprint density at radius 2 is 1.85 bits per heavy atom. The maximum atomic E-state index is 12.5. The zero-order valence-electron chi connectivity index (χ0n) is 15.3. The van der Waals surface area contributed by atoms with Gasteiger partial charge in [-0.2, -0.15) is 0 Å². The van der Waals surface area contributed by atoms with Gasteiger partial charge in [0.15, 0.2) is 5.13 Å². The molecule has 0 atom stereocenters. The summed E-state index contributed by atoms with van der Waals surface area (Å²) >= 11 is 1.38. The minimum Gasteiger partial charge on any atom is -0.326 e. The molecule has 1 heterocycles. The van der Waals surface area contributed by atoms with E-state index in [-0.39, 0.29) is 11.8 Å². The minimum absolute atomic E-state index is 0.179. The van der Waals surface area contributed by atoms with Crippen molar-refractivity contribution in [1.29, 1.82) is 0 Å². The number of anilines is 2. The second-order valence-corrected chi connectivity index (χ2v) is 7.06. The first-order chi connectivity index (χ1) is 13.0. The van der Waals surface area contributed by atoms with Crippen LogP contribution in [0.15, 0.2) is 53.9 Å². The number of hydrogen-bond donors (Lipinski definition) is 2. The van der Waals surface area contributed by atoms with E-state index in [0.29, 0.717) is 16.4 Å². The van der Waals surface area contributed by atoms with Gasteiger partial charge in [-0.3, -0.25) is 14.9 Å². The number of carbonyl (C=O) groups excluding carboxylic acids is 2. The molecule has 0 unspecified atom stereocenters. The Labute approximate surface area is 162 Å². The summed E-state index contributed by atoms with van der Waals surface area (Å²) in [5, 5.41) is 7.96. The summed E-state index contributed by atoms with van der Waals surface area (Å²) in [6, 6.07) is 15.1. The molecule has 0 aliphatic heterocycles. The highest BCUT2D eigenvalue weighted by Crippen LogP contribution is 2.26. The topological polar surface area (TPSA) is 71.1 Å². The van der Waals surface area contributed by atoms with Crippen LogP contribution in [-0.4, -0.2) is 16.8 Å². The van der Waals surface area contributed by atoms with Gasteiger partial charge in [0.25, 0.3) is 5.91 Å². The average Bonchev–Trinajstić information content (AvgIpc) is 3.11. The van der Waals surface area contributed by atoms with Crippen molar-refractivity contribution in [3.8, 4) is 11.3 Å². The van der Waals surface area contributed by atoms with Gasteiger partial charge in [-0.25, -0.2) is 4.98 Å². The van der Waals surface area contributed by atoms with E-state index in [9.17, 15) is 9.59 Å². The van der Waals surface area contributed by atoms with Crippen LogP contribution in [0.2, 0.25) is 0 Å². The second-order valence-electron chi connectivity index (χ2n) is 6.20. The lowest BCUT2D eigenvalue weighted by Crippen LogP contribution is -2.13. The minimum atomic E-state index is -0.263. The van der Waals surface area contributed by atoms with Gasteiger partial charge in [0, 0.05) is 29.1 Å². The molecule has 2 amide bonds. The van der Waals surface area contributed by atoms with Gasteiger partial charge in [-0.1, -0.05) is 43.7 Å². The highest BCUT2D eigenvalue weighted by atomic mass is 32.1. The molecule has 2 N–H and O–H groups in total. The number of nitrogens with zero attached hydrogens (tertiary/aromatic N) is 1. The number of benzene rings is 2. The highest BCUT2D eigenvalue weighted by Gasteiger charge is 2.11. The molecule has 5 nitrogen and oxygen atoms in total. The van der Waals surface area contributed by atoms with Crippen LogP contribution >= 0.6 is 11.3 Å². The van der Waals surface area contributed by atoms with E-state index in [0.717, 1.165) is 24.1 Å². The predicted molar refractivity (Wildman–Crippen MR) is 110 cm³/mol. The number of hydrogen-bond acceptors (Lipinski definition) is 4. The van der Waals surface area contributed by atoms with Crippen LogP contribution < -0.4 is 10.6 Å². The van der Waals surface area contributed by atoms with E-state index in [4.69, 9.17) is 0 Å². The molecule has 0 aliphatic carbocycles. The van der Waals surface area contributed by atoms with Crippen LogP contribution in [0.5, 0.6) is 0 Å². The molecule has 138 valence electrons. The molecular weight excluding hydrogens is 358 g/mol. The molecule has 6 heteroatoms. The zero-order chi connectivity index (χ0) is 19.2. The molecular formula is C21H21N3O2S. The fraction of sp³-hybridized carbons (Fsp3) is 0.190. The van der Waals surface area contributed by atoms with Crippen LogP contribution in [0.4, 0.5) is 10.8 Å². The van der Waals surface area contributed by atoms with Crippen molar-refractivity contribution in [2.75, 3.05) is 10.6 Å². The van der Waals surface area contributed by atoms with Crippen molar-refractivity contribution in [2.24, 2.45) is 0 Å². The van der Waals surface area contributed by atoms with Crippen LogP contribution in [0.25, 0.3) is 11.3 Å². The summed E-state index contributed by atoms with van der Waals surface area (Å²) < 4.78 is 0. The lowest BCUT2D eigenvalue weighted by Gasteiger charge is -2.05. The Balaban J connectivity index is 1.70. The fourth-order valence-corrected chi connectivity index (χ4v) is 3.42. The lowest BCUT2D eigenvalue weighted by atomic mass is 10.1. The van der Waals surface area contributed by atoms with Gasteiger partial charge in [0.05, 0.1) is 5.69 Å². The zero-order valence-corrected chi connectivity index (χ0v) is 16.1. The van der Waals surface area contributed by atoms with Gasteiger partial charge in [-0.15, -0.1) is 11.3 Å². The lowest BCUT2D eigenvalue weighted by molar-refractivity contribution is -0.114. The Bertz CT molecular complexity index is 948. The van der Waals surface area contributed by atoms with Gasteiger partial charge in [-0.05, 0) is 30.2 Å². The van der Waals surface area contributed by atoms with E-state index in [1.165, 1.54) is 23.8 Å². The molecule has 2 aromatic carbocycles. The van der Waals surface area contributed by atoms with E-state index in [1.54, 1.807) is 24.3 Å². The maximum absolute atomic E-state index is 12.5. The molecule has 0 spiro atoms. The number of carbonyl (C=O) groups is 2. The van der Waals surface area contributed by atoms with Crippen molar-refractivity contribution in [3.05, 3.63) is 65.0 Å². The molecule has 0 saturated carbocycles. The van der Waals surface area contributed by atoms with E-state index in [2.05, 4.69) is 46.8 Å². The molecule has 3 aromatic rings. The SMILES string of the molecule is CCCc1ccc(-c2csc(NC(=O)c3cccc(NC(C)=O)c3)n2)cc1. The normalized spacial score (nSPS) is 10.4. The number of thiazole rings is 1. The van der Waals surface area contributed by atoms with Crippen LogP contribution in [0.1, 0.15) is 36.2 Å². The van der Waals surface area contributed by atoms with Crippen molar-refractivity contribution >= 4 is 34.0 Å². The van der Waals surface area contributed by atoms with Crippen molar-refractivity contribution < 1.29 is 9.59 Å². The fourth-order valence-electron chi connectivity index (χ4n) is 2.71. The van der Waals surface area contributed by atoms with Crippen LogP contribution in [-0.2, 0) is 11.2 Å². The average molecular weight is 379 g/mol. The molecule has 0 aliphatic rings.